The van der Waals surface area contributed by atoms with Gasteiger partial charge in [-0.1, -0.05) is 30.3 Å². The number of aliphatic hydroxyl groups excluding tert-OH is 1. The third-order valence-electron chi connectivity index (χ3n) is 3.18. The molecule has 0 spiro atoms. The Balaban J connectivity index is 1.78. The lowest BCUT2D eigenvalue weighted by Crippen LogP contribution is -2.14. The first kappa shape index (κ1) is 12.6. The van der Waals surface area contributed by atoms with Crippen molar-refractivity contribution in [1.29, 1.82) is 0 Å². The first-order chi connectivity index (χ1) is 9.74. The first-order valence-electron chi connectivity index (χ1n) is 6.51. The number of hydrogen-bond donors (Lipinski definition) is 2. The van der Waals surface area contributed by atoms with Crippen molar-refractivity contribution in [3.63, 3.8) is 0 Å². The molecule has 5 nitrogen and oxygen atoms in total. The van der Waals surface area contributed by atoms with Crippen LogP contribution in [0, 0.1) is 6.92 Å². The molecule has 0 fully saturated rings. The maximum absolute atomic E-state index is 10.2. The van der Waals surface area contributed by atoms with Crippen LogP contribution in [-0.2, 0) is 0 Å². The van der Waals surface area contributed by atoms with Gasteiger partial charge in [0.15, 0.2) is 5.65 Å². The molecule has 0 aliphatic heterocycles. The molecule has 1 atom stereocenters. The molecule has 1 aromatic carbocycles. The zero-order valence-corrected chi connectivity index (χ0v) is 11.2. The second-order valence-electron chi connectivity index (χ2n) is 4.76. The van der Waals surface area contributed by atoms with E-state index in [4.69, 9.17) is 0 Å². The molecule has 0 saturated heterocycles. The monoisotopic (exact) mass is 268 g/mol. The molecule has 0 aliphatic carbocycles. The Kier molecular flexibility index (Phi) is 3.35. The van der Waals surface area contributed by atoms with Gasteiger partial charge in [-0.05, 0) is 30.2 Å². The number of aliphatic hydroxyl groups is 1. The van der Waals surface area contributed by atoms with Gasteiger partial charge in [0.25, 0.3) is 0 Å². The summed E-state index contributed by atoms with van der Waals surface area (Å²) < 4.78 is 1.73. The number of fused-ring (bicyclic) bond motifs is 1. The lowest BCUT2D eigenvalue weighted by Gasteiger charge is -2.14. The van der Waals surface area contributed by atoms with E-state index in [2.05, 4.69) is 15.4 Å². The summed E-state index contributed by atoms with van der Waals surface area (Å²) >= 11 is 0. The van der Waals surface area contributed by atoms with Crippen molar-refractivity contribution in [1.82, 2.24) is 14.6 Å². The number of nitrogens with zero attached hydrogens (tertiary/aromatic N) is 3. The second-order valence-corrected chi connectivity index (χ2v) is 4.76. The Hall–Kier alpha value is -2.40. The summed E-state index contributed by atoms with van der Waals surface area (Å²) in [5.74, 6) is 0.826. The van der Waals surface area contributed by atoms with Crippen molar-refractivity contribution >= 4 is 11.5 Å². The summed E-state index contributed by atoms with van der Waals surface area (Å²) in [5.41, 5.74) is 2.78. The topological polar surface area (TPSA) is 62.5 Å². The van der Waals surface area contributed by atoms with Crippen molar-refractivity contribution < 1.29 is 5.11 Å². The van der Waals surface area contributed by atoms with Gasteiger partial charge in [-0.15, -0.1) is 0 Å². The van der Waals surface area contributed by atoms with E-state index in [0.717, 1.165) is 22.6 Å². The summed E-state index contributed by atoms with van der Waals surface area (Å²) in [6, 6.07) is 13.5. The summed E-state index contributed by atoms with van der Waals surface area (Å²) in [7, 11) is 0. The summed E-state index contributed by atoms with van der Waals surface area (Å²) in [4.78, 5) is 4.17. The van der Waals surface area contributed by atoms with E-state index < -0.39 is 6.10 Å². The van der Waals surface area contributed by atoms with Gasteiger partial charge < -0.3 is 10.4 Å². The van der Waals surface area contributed by atoms with Gasteiger partial charge in [0.1, 0.15) is 12.1 Å². The first-order valence-corrected chi connectivity index (χ1v) is 6.51. The highest BCUT2D eigenvalue weighted by molar-refractivity contribution is 5.51. The smallest absolute Gasteiger partial charge is 0.157 e. The van der Waals surface area contributed by atoms with Gasteiger partial charge in [0, 0.05) is 6.54 Å². The number of nitrogens with one attached hydrogen (secondary N) is 1. The molecule has 2 N–H and O–H groups in total. The van der Waals surface area contributed by atoms with Crippen LogP contribution in [0.25, 0.3) is 5.65 Å². The Morgan fingerprint density at radius 3 is 2.85 bits per heavy atom. The van der Waals surface area contributed by atoms with Crippen molar-refractivity contribution in [2.75, 3.05) is 11.9 Å². The second kappa shape index (κ2) is 5.30. The standard InChI is InChI=1S/C15H16N4O/c1-11-7-14(19-15(8-11)17-10-18-19)16-9-13(20)12-5-3-2-4-6-12/h2-8,10,13,16,20H,9H2,1H3. The van der Waals surface area contributed by atoms with Crippen LogP contribution in [0.2, 0.25) is 0 Å². The number of pyridine rings is 1. The molecule has 3 aromatic rings. The average molecular weight is 268 g/mol. The van der Waals surface area contributed by atoms with Crippen LogP contribution < -0.4 is 5.32 Å². The van der Waals surface area contributed by atoms with E-state index in [0.29, 0.717) is 6.54 Å². The molecule has 2 aromatic heterocycles. The van der Waals surface area contributed by atoms with Gasteiger partial charge in [0.2, 0.25) is 0 Å². The van der Waals surface area contributed by atoms with Crippen LogP contribution in [0.15, 0.2) is 48.8 Å². The van der Waals surface area contributed by atoms with Crippen molar-refractivity contribution in [2.45, 2.75) is 13.0 Å². The number of hydrogen-bond acceptors (Lipinski definition) is 4. The quantitative estimate of drug-likeness (QED) is 0.761. The number of anilines is 1. The molecular formula is C15H16N4O. The lowest BCUT2D eigenvalue weighted by molar-refractivity contribution is 0.191. The SMILES string of the molecule is Cc1cc(NCC(O)c2ccccc2)n2ncnc2c1. The van der Waals surface area contributed by atoms with Crippen LogP contribution >= 0.6 is 0 Å². The molecule has 0 radical (unpaired) electrons. The minimum atomic E-state index is -0.560. The Labute approximate surface area is 116 Å². The highest BCUT2D eigenvalue weighted by atomic mass is 16.3. The maximum atomic E-state index is 10.2. The third-order valence-corrected chi connectivity index (χ3v) is 3.18. The van der Waals surface area contributed by atoms with Crippen LogP contribution in [0.4, 0.5) is 5.82 Å². The normalized spacial score (nSPS) is 12.5. The van der Waals surface area contributed by atoms with Crippen molar-refractivity contribution in [2.24, 2.45) is 0 Å². The van der Waals surface area contributed by atoms with Crippen LogP contribution in [0.3, 0.4) is 0 Å². The molecule has 1 unspecified atom stereocenters. The highest BCUT2D eigenvalue weighted by Gasteiger charge is 2.09. The molecule has 3 rings (SSSR count). The molecule has 0 bridgehead atoms. The minimum absolute atomic E-state index is 0.419. The summed E-state index contributed by atoms with van der Waals surface area (Å²) in [5, 5.41) is 17.6. The van der Waals surface area contributed by atoms with Gasteiger partial charge in [-0.3, -0.25) is 0 Å². The molecule has 0 aliphatic rings. The number of benzene rings is 1. The molecule has 0 amide bonds. The van der Waals surface area contributed by atoms with E-state index in [9.17, 15) is 5.11 Å². The fraction of sp³-hybridized carbons (Fsp3) is 0.200. The van der Waals surface area contributed by atoms with Crippen LogP contribution in [-0.4, -0.2) is 26.2 Å². The highest BCUT2D eigenvalue weighted by Crippen LogP contribution is 2.16. The average Bonchev–Trinajstić information content (AvgIpc) is 2.93. The van der Waals surface area contributed by atoms with Gasteiger partial charge in [0.05, 0.1) is 6.10 Å². The van der Waals surface area contributed by atoms with Crippen LogP contribution in [0.5, 0.6) is 0 Å². The summed E-state index contributed by atoms with van der Waals surface area (Å²) in [6.07, 6.45) is 0.961. The van der Waals surface area contributed by atoms with Crippen molar-refractivity contribution in [3.05, 3.63) is 59.9 Å². The fourth-order valence-corrected chi connectivity index (χ4v) is 2.18. The molecular weight excluding hydrogens is 252 g/mol. The minimum Gasteiger partial charge on any atom is -0.387 e. The Morgan fingerprint density at radius 1 is 1.25 bits per heavy atom. The zero-order chi connectivity index (χ0) is 13.9. The van der Waals surface area contributed by atoms with Gasteiger partial charge in [-0.25, -0.2) is 4.98 Å². The third kappa shape index (κ3) is 2.48. The molecule has 0 saturated carbocycles. The van der Waals surface area contributed by atoms with E-state index >= 15 is 0 Å². The predicted octanol–water partition coefficient (Wildman–Crippen LogP) is 2.18. The number of rotatable bonds is 4. The largest absolute Gasteiger partial charge is 0.387 e. The number of aromatic nitrogens is 3. The van der Waals surface area contributed by atoms with E-state index in [1.165, 1.54) is 6.33 Å². The zero-order valence-electron chi connectivity index (χ0n) is 11.2. The lowest BCUT2D eigenvalue weighted by atomic mass is 10.1. The van der Waals surface area contributed by atoms with E-state index in [1.54, 1.807) is 4.52 Å². The van der Waals surface area contributed by atoms with E-state index in [1.807, 2.05) is 49.4 Å². The Bertz CT molecular complexity index is 708. The molecule has 2 heterocycles. The number of aryl methyl sites for hydroxylation is 1. The van der Waals surface area contributed by atoms with Gasteiger partial charge in [-0.2, -0.15) is 9.61 Å². The fourth-order valence-electron chi connectivity index (χ4n) is 2.18. The van der Waals surface area contributed by atoms with E-state index in [-0.39, 0.29) is 0 Å². The maximum Gasteiger partial charge on any atom is 0.157 e. The predicted molar refractivity (Wildman–Crippen MR) is 77.6 cm³/mol. The molecule has 5 heteroatoms. The summed E-state index contributed by atoms with van der Waals surface area (Å²) in [6.45, 7) is 2.43. The molecule has 102 valence electrons. The van der Waals surface area contributed by atoms with Crippen LogP contribution in [0.1, 0.15) is 17.2 Å². The molecule has 20 heavy (non-hydrogen) atoms. The van der Waals surface area contributed by atoms with Gasteiger partial charge >= 0.3 is 0 Å². The van der Waals surface area contributed by atoms with Crippen molar-refractivity contribution in [3.8, 4) is 0 Å². The Morgan fingerprint density at radius 2 is 2.05 bits per heavy atom.